The molecule has 0 saturated carbocycles. The molecular formula is C12H12Cl3NO2. The second kappa shape index (κ2) is 6.88. The smallest absolute Gasteiger partial charge is 0.335 e. The molecular weight excluding hydrogens is 296 g/mol. The average molecular weight is 309 g/mol. The zero-order valence-corrected chi connectivity index (χ0v) is 12.0. The summed E-state index contributed by atoms with van der Waals surface area (Å²) in [5.74, 6) is -0.453. The van der Waals surface area contributed by atoms with Crippen LogP contribution in [-0.4, -0.2) is 19.1 Å². The van der Waals surface area contributed by atoms with Crippen molar-refractivity contribution in [1.29, 1.82) is 0 Å². The van der Waals surface area contributed by atoms with Gasteiger partial charge in [0.1, 0.15) is 0 Å². The van der Waals surface area contributed by atoms with Gasteiger partial charge in [0.2, 0.25) is 0 Å². The van der Waals surface area contributed by atoms with Crippen molar-refractivity contribution < 1.29 is 9.53 Å². The van der Waals surface area contributed by atoms with Crippen LogP contribution in [0.2, 0.25) is 15.1 Å². The molecule has 0 aliphatic carbocycles. The van der Waals surface area contributed by atoms with Crippen molar-refractivity contribution >= 4 is 46.5 Å². The van der Waals surface area contributed by atoms with Crippen LogP contribution < -0.4 is 5.32 Å². The minimum atomic E-state index is -0.453. The summed E-state index contributed by atoms with van der Waals surface area (Å²) in [7, 11) is 0. The Morgan fingerprint density at radius 2 is 1.89 bits per heavy atom. The van der Waals surface area contributed by atoms with E-state index < -0.39 is 5.97 Å². The van der Waals surface area contributed by atoms with E-state index >= 15 is 0 Å². The SMILES string of the molecule is C=C(CNc1c(Cl)cc(Cl)cc1Cl)C(=O)OCC. The van der Waals surface area contributed by atoms with Gasteiger partial charge in [-0.15, -0.1) is 0 Å². The molecule has 0 saturated heterocycles. The van der Waals surface area contributed by atoms with E-state index in [0.717, 1.165) is 0 Å². The number of anilines is 1. The van der Waals surface area contributed by atoms with Crippen LogP contribution in [0.1, 0.15) is 6.92 Å². The Balaban J connectivity index is 2.70. The minimum absolute atomic E-state index is 0.194. The van der Waals surface area contributed by atoms with Crippen molar-refractivity contribution in [3.05, 3.63) is 39.4 Å². The molecule has 1 N–H and O–H groups in total. The molecule has 0 spiro atoms. The van der Waals surface area contributed by atoms with E-state index in [4.69, 9.17) is 39.5 Å². The number of nitrogens with one attached hydrogen (secondary N) is 1. The summed E-state index contributed by atoms with van der Waals surface area (Å²) in [6, 6.07) is 3.12. The highest BCUT2D eigenvalue weighted by Gasteiger charge is 2.11. The van der Waals surface area contributed by atoms with Crippen molar-refractivity contribution in [2.24, 2.45) is 0 Å². The standard InChI is InChI=1S/C12H12Cl3NO2/c1-3-18-12(17)7(2)6-16-11-9(14)4-8(13)5-10(11)15/h4-5,16H,2-3,6H2,1H3. The van der Waals surface area contributed by atoms with Crippen LogP contribution in [0.3, 0.4) is 0 Å². The van der Waals surface area contributed by atoms with E-state index in [1.165, 1.54) is 0 Å². The van der Waals surface area contributed by atoms with Gasteiger partial charge in [0.15, 0.2) is 0 Å². The number of rotatable bonds is 5. The zero-order chi connectivity index (χ0) is 13.7. The number of esters is 1. The fourth-order valence-electron chi connectivity index (χ4n) is 1.21. The first-order valence-electron chi connectivity index (χ1n) is 5.19. The highest BCUT2D eigenvalue weighted by Crippen LogP contribution is 2.33. The second-order valence-corrected chi connectivity index (χ2v) is 4.67. The van der Waals surface area contributed by atoms with E-state index in [9.17, 15) is 4.79 Å². The summed E-state index contributed by atoms with van der Waals surface area (Å²) >= 11 is 17.8. The van der Waals surface area contributed by atoms with Crippen LogP contribution >= 0.6 is 34.8 Å². The summed E-state index contributed by atoms with van der Waals surface area (Å²) in [5, 5.41) is 4.13. The van der Waals surface area contributed by atoms with E-state index in [-0.39, 0.29) is 6.54 Å². The molecule has 18 heavy (non-hydrogen) atoms. The number of halogens is 3. The van der Waals surface area contributed by atoms with E-state index in [1.54, 1.807) is 19.1 Å². The summed E-state index contributed by atoms with van der Waals surface area (Å²) < 4.78 is 4.81. The fourth-order valence-corrected chi connectivity index (χ4v) is 2.16. The lowest BCUT2D eigenvalue weighted by molar-refractivity contribution is -0.138. The number of hydrogen-bond acceptors (Lipinski definition) is 3. The summed E-state index contributed by atoms with van der Waals surface area (Å²) in [6.07, 6.45) is 0. The Hall–Kier alpha value is -0.900. The highest BCUT2D eigenvalue weighted by molar-refractivity contribution is 6.41. The molecule has 98 valence electrons. The van der Waals surface area contributed by atoms with Gasteiger partial charge in [-0.25, -0.2) is 4.79 Å². The molecule has 0 unspecified atom stereocenters. The molecule has 0 bridgehead atoms. The van der Waals surface area contributed by atoms with Crippen molar-refractivity contribution in [3.8, 4) is 0 Å². The third-order valence-electron chi connectivity index (χ3n) is 2.05. The molecule has 0 aromatic heterocycles. The van der Waals surface area contributed by atoms with Crippen LogP contribution in [-0.2, 0) is 9.53 Å². The van der Waals surface area contributed by atoms with Crippen molar-refractivity contribution in [2.45, 2.75) is 6.92 Å². The molecule has 0 amide bonds. The summed E-state index contributed by atoms with van der Waals surface area (Å²) in [5.41, 5.74) is 0.798. The zero-order valence-electron chi connectivity index (χ0n) is 9.73. The first kappa shape index (κ1) is 15.2. The second-order valence-electron chi connectivity index (χ2n) is 3.42. The molecule has 3 nitrogen and oxygen atoms in total. The highest BCUT2D eigenvalue weighted by atomic mass is 35.5. The molecule has 1 aromatic rings. The van der Waals surface area contributed by atoms with Gasteiger partial charge in [0, 0.05) is 17.1 Å². The lowest BCUT2D eigenvalue weighted by Gasteiger charge is -2.11. The molecule has 0 aliphatic heterocycles. The third-order valence-corrected chi connectivity index (χ3v) is 2.86. The van der Waals surface area contributed by atoms with Gasteiger partial charge in [-0.3, -0.25) is 0 Å². The molecule has 6 heteroatoms. The maximum Gasteiger partial charge on any atom is 0.335 e. The molecule has 0 fully saturated rings. The van der Waals surface area contributed by atoms with Crippen LogP contribution in [0.5, 0.6) is 0 Å². The van der Waals surface area contributed by atoms with Crippen molar-refractivity contribution in [2.75, 3.05) is 18.5 Å². The number of carbonyl (C=O) groups is 1. The van der Waals surface area contributed by atoms with Crippen LogP contribution in [0, 0.1) is 0 Å². The van der Waals surface area contributed by atoms with Gasteiger partial charge in [-0.1, -0.05) is 41.4 Å². The monoisotopic (exact) mass is 307 g/mol. The molecule has 1 aromatic carbocycles. The summed E-state index contributed by atoms with van der Waals surface area (Å²) in [4.78, 5) is 11.3. The Labute approximate surface area is 121 Å². The first-order valence-corrected chi connectivity index (χ1v) is 6.32. The Bertz CT molecular complexity index is 451. The van der Waals surface area contributed by atoms with Crippen molar-refractivity contribution in [1.82, 2.24) is 0 Å². The predicted octanol–water partition coefficient (Wildman–Crippen LogP) is 4.18. The number of ether oxygens (including phenoxy) is 1. The van der Waals surface area contributed by atoms with Gasteiger partial charge in [-0.05, 0) is 19.1 Å². The van der Waals surface area contributed by atoms with Gasteiger partial charge >= 0.3 is 5.97 Å². The quantitative estimate of drug-likeness (QED) is 0.655. The number of hydrogen-bond donors (Lipinski definition) is 1. The molecule has 0 aliphatic rings. The molecule has 1 rings (SSSR count). The molecule has 0 heterocycles. The predicted molar refractivity (Wildman–Crippen MR) is 75.7 cm³/mol. The molecule has 0 radical (unpaired) electrons. The lowest BCUT2D eigenvalue weighted by Crippen LogP contribution is -2.15. The fraction of sp³-hybridized carbons (Fsp3) is 0.250. The van der Waals surface area contributed by atoms with Crippen LogP contribution in [0.25, 0.3) is 0 Å². The maximum absolute atomic E-state index is 11.3. The summed E-state index contributed by atoms with van der Waals surface area (Å²) in [6.45, 7) is 5.84. The first-order chi connectivity index (χ1) is 8.45. The number of carbonyl (C=O) groups excluding carboxylic acids is 1. The average Bonchev–Trinajstić information content (AvgIpc) is 2.27. The van der Waals surface area contributed by atoms with E-state index in [1.807, 2.05) is 0 Å². The lowest BCUT2D eigenvalue weighted by atomic mass is 10.2. The largest absolute Gasteiger partial charge is 0.463 e. The van der Waals surface area contributed by atoms with Crippen LogP contribution in [0.4, 0.5) is 5.69 Å². The minimum Gasteiger partial charge on any atom is -0.463 e. The van der Waals surface area contributed by atoms with Crippen LogP contribution in [0.15, 0.2) is 24.3 Å². The Morgan fingerprint density at radius 1 is 1.33 bits per heavy atom. The number of benzene rings is 1. The van der Waals surface area contributed by atoms with Gasteiger partial charge in [-0.2, -0.15) is 0 Å². The maximum atomic E-state index is 11.3. The van der Waals surface area contributed by atoms with Crippen molar-refractivity contribution in [3.63, 3.8) is 0 Å². The van der Waals surface area contributed by atoms with E-state index in [2.05, 4.69) is 11.9 Å². The Kier molecular flexibility index (Phi) is 5.79. The van der Waals surface area contributed by atoms with Gasteiger partial charge in [0.05, 0.1) is 22.3 Å². The topological polar surface area (TPSA) is 38.3 Å². The normalized spacial score (nSPS) is 10.0. The van der Waals surface area contributed by atoms with Gasteiger partial charge < -0.3 is 10.1 Å². The molecule has 0 atom stereocenters. The van der Waals surface area contributed by atoms with Gasteiger partial charge in [0.25, 0.3) is 0 Å². The Morgan fingerprint density at radius 3 is 2.39 bits per heavy atom. The van der Waals surface area contributed by atoms with E-state index in [0.29, 0.717) is 32.9 Å². The third kappa shape index (κ3) is 4.09.